The molecule has 0 unspecified atom stereocenters. The van der Waals surface area contributed by atoms with Gasteiger partial charge in [-0.2, -0.15) is 0 Å². The summed E-state index contributed by atoms with van der Waals surface area (Å²) in [4.78, 5) is 2.43. The van der Waals surface area contributed by atoms with Gasteiger partial charge in [0, 0.05) is 44.5 Å². The van der Waals surface area contributed by atoms with Crippen molar-refractivity contribution >= 4 is 38.9 Å². The summed E-state index contributed by atoms with van der Waals surface area (Å²) in [6.07, 6.45) is 0. The van der Waals surface area contributed by atoms with Gasteiger partial charge in [-0.1, -0.05) is 220 Å². The Morgan fingerprint density at radius 2 is 0.847 bits per heavy atom. The second-order valence-corrected chi connectivity index (χ2v) is 20.0. The van der Waals surface area contributed by atoms with Gasteiger partial charge in [0.1, 0.15) is 0 Å². The zero-order valence-electron chi connectivity index (χ0n) is 40.3. The fraction of sp³-hybridized carbons (Fsp3) is 0.0571. The van der Waals surface area contributed by atoms with Crippen molar-refractivity contribution in [1.82, 2.24) is 4.57 Å². The van der Waals surface area contributed by atoms with Crippen LogP contribution in [-0.4, -0.2) is 4.57 Å². The highest BCUT2D eigenvalue weighted by Gasteiger charge is 2.48. The van der Waals surface area contributed by atoms with Crippen LogP contribution in [0.5, 0.6) is 0 Å². The Morgan fingerprint density at radius 3 is 1.51 bits per heavy atom. The molecule has 1 heterocycles. The predicted molar refractivity (Wildman–Crippen MR) is 301 cm³/mol. The number of rotatable bonds is 8. The molecule has 2 heteroatoms. The van der Waals surface area contributed by atoms with Crippen molar-refractivity contribution in [2.45, 2.75) is 24.7 Å². The second kappa shape index (κ2) is 16.3. The molecular formula is C70H50N2. The quantitative estimate of drug-likeness (QED) is 0.147. The van der Waals surface area contributed by atoms with Crippen LogP contribution in [0.15, 0.2) is 267 Å². The Balaban J connectivity index is 1.02. The molecule has 1 aromatic heterocycles. The zero-order chi connectivity index (χ0) is 48.0. The SMILES string of the molecule is CC1(C)c2ccccc2-c2ccc(N(c3ccc(-c4ccccc4)cc3)c3ccc(-c4cc5c(c6c7ccccc7n(-c7ccccc7)c46)-c4ccccc4C5(c4ccccc4)c4ccccc4)cc3)cc21. The van der Waals surface area contributed by atoms with Crippen molar-refractivity contribution in [3.05, 3.63) is 300 Å². The topological polar surface area (TPSA) is 8.17 Å². The van der Waals surface area contributed by atoms with Crippen LogP contribution in [0, 0.1) is 0 Å². The van der Waals surface area contributed by atoms with E-state index >= 15 is 0 Å². The van der Waals surface area contributed by atoms with Crippen LogP contribution in [0.1, 0.15) is 47.2 Å². The highest BCUT2D eigenvalue weighted by Crippen LogP contribution is 2.60. The third kappa shape index (κ3) is 6.15. The zero-order valence-corrected chi connectivity index (χ0v) is 40.3. The Morgan fingerprint density at radius 1 is 0.347 bits per heavy atom. The molecule has 0 saturated heterocycles. The van der Waals surface area contributed by atoms with E-state index in [-0.39, 0.29) is 5.41 Å². The van der Waals surface area contributed by atoms with E-state index in [0.717, 1.165) is 28.3 Å². The van der Waals surface area contributed by atoms with Gasteiger partial charge in [-0.3, -0.25) is 0 Å². The van der Waals surface area contributed by atoms with Crippen molar-refractivity contribution in [2.75, 3.05) is 4.90 Å². The Kier molecular flexibility index (Phi) is 9.50. The van der Waals surface area contributed by atoms with E-state index in [1.807, 2.05) is 0 Å². The largest absolute Gasteiger partial charge is 0.310 e. The van der Waals surface area contributed by atoms with Gasteiger partial charge in [-0.25, -0.2) is 0 Å². The maximum atomic E-state index is 2.55. The molecule has 0 aliphatic heterocycles. The van der Waals surface area contributed by atoms with Crippen LogP contribution in [0.25, 0.3) is 72.0 Å². The van der Waals surface area contributed by atoms with Crippen molar-refractivity contribution in [1.29, 1.82) is 0 Å². The number of hydrogen-bond donors (Lipinski definition) is 0. The number of fused-ring (bicyclic) bond motifs is 10. The molecule has 0 atom stereocenters. The minimum Gasteiger partial charge on any atom is -0.310 e. The highest BCUT2D eigenvalue weighted by atomic mass is 15.1. The maximum Gasteiger partial charge on any atom is 0.0714 e. The predicted octanol–water partition coefficient (Wildman–Crippen LogP) is 18.3. The molecule has 0 spiro atoms. The molecule has 2 aliphatic carbocycles. The molecule has 11 aromatic carbocycles. The average Bonchev–Trinajstić information content (AvgIpc) is 4.04. The molecule has 0 radical (unpaired) electrons. The minimum atomic E-state index is -0.572. The van der Waals surface area contributed by atoms with Crippen LogP contribution in [0.3, 0.4) is 0 Å². The molecule has 2 aliphatic rings. The highest BCUT2D eigenvalue weighted by molar-refractivity contribution is 6.22. The van der Waals surface area contributed by atoms with E-state index in [0.29, 0.717) is 0 Å². The maximum absolute atomic E-state index is 2.55. The molecular weight excluding hydrogens is 869 g/mol. The molecule has 12 aromatic rings. The fourth-order valence-electron chi connectivity index (χ4n) is 12.6. The number of para-hydroxylation sites is 2. The third-order valence-corrected chi connectivity index (χ3v) is 15.9. The molecule has 340 valence electrons. The van der Waals surface area contributed by atoms with Gasteiger partial charge >= 0.3 is 0 Å². The lowest BCUT2D eigenvalue weighted by Crippen LogP contribution is -2.28. The number of aromatic nitrogens is 1. The Hall–Kier alpha value is -8.98. The summed E-state index contributed by atoms with van der Waals surface area (Å²) < 4.78 is 2.51. The lowest BCUT2D eigenvalue weighted by molar-refractivity contribution is 0.660. The van der Waals surface area contributed by atoms with Crippen LogP contribution in [-0.2, 0) is 10.8 Å². The summed E-state index contributed by atoms with van der Waals surface area (Å²) in [5, 5.41) is 2.51. The summed E-state index contributed by atoms with van der Waals surface area (Å²) in [6, 6.07) is 99.1. The van der Waals surface area contributed by atoms with E-state index in [9.17, 15) is 0 Å². The van der Waals surface area contributed by atoms with Crippen molar-refractivity contribution < 1.29 is 0 Å². The molecule has 72 heavy (non-hydrogen) atoms. The van der Waals surface area contributed by atoms with E-state index < -0.39 is 5.41 Å². The average molecular weight is 919 g/mol. The van der Waals surface area contributed by atoms with Crippen molar-refractivity contribution in [3.63, 3.8) is 0 Å². The Labute approximate surface area is 421 Å². The summed E-state index contributed by atoms with van der Waals surface area (Å²) in [5.41, 5.74) is 23.9. The smallest absolute Gasteiger partial charge is 0.0714 e. The molecule has 2 nitrogen and oxygen atoms in total. The number of hydrogen-bond acceptors (Lipinski definition) is 1. The summed E-state index contributed by atoms with van der Waals surface area (Å²) in [5.74, 6) is 0. The van der Waals surface area contributed by atoms with Gasteiger partial charge in [0.2, 0.25) is 0 Å². The van der Waals surface area contributed by atoms with E-state index in [2.05, 4.69) is 290 Å². The van der Waals surface area contributed by atoms with Gasteiger partial charge < -0.3 is 9.47 Å². The summed E-state index contributed by atoms with van der Waals surface area (Å²) in [6.45, 7) is 4.73. The number of anilines is 3. The fourth-order valence-corrected chi connectivity index (χ4v) is 12.6. The first-order valence-electron chi connectivity index (χ1n) is 25.2. The molecule has 0 amide bonds. The first kappa shape index (κ1) is 41.9. The van der Waals surface area contributed by atoms with Crippen LogP contribution >= 0.6 is 0 Å². The normalized spacial score (nSPS) is 13.6. The molecule has 14 rings (SSSR count). The van der Waals surface area contributed by atoms with Gasteiger partial charge in [0.05, 0.1) is 16.4 Å². The lowest BCUT2D eigenvalue weighted by Gasteiger charge is -2.34. The Bertz CT molecular complexity index is 3980. The first-order chi connectivity index (χ1) is 35.5. The van der Waals surface area contributed by atoms with Gasteiger partial charge in [0.25, 0.3) is 0 Å². The van der Waals surface area contributed by atoms with Crippen LogP contribution in [0.2, 0.25) is 0 Å². The number of benzene rings is 11. The molecule has 0 saturated carbocycles. The van der Waals surface area contributed by atoms with Crippen LogP contribution < -0.4 is 4.90 Å². The van der Waals surface area contributed by atoms with E-state index in [1.54, 1.807) is 0 Å². The third-order valence-electron chi connectivity index (χ3n) is 15.9. The van der Waals surface area contributed by atoms with Gasteiger partial charge in [-0.15, -0.1) is 0 Å². The summed E-state index contributed by atoms with van der Waals surface area (Å²) in [7, 11) is 0. The van der Waals surface area contributed by atoms with E-state index in [4.69, 9.17) is 0 Å². The molecule has 0 fully saturated rings. The monoisotopic (exact) mass is 918 g/mol. The van der Waals surface area contributed by atoms with Crippen molar-refractivity contribution in [2.24, 2.45) is 0 Å². The molecule has 0 N–H and O–H groups in total. The first-order valence-corrected chi connectivity index (χ1v) is 25.2. The van der Waals surface area contributed by atoms with Crippen LogP contribution in [0.4, 0.5) is 17.1 Å². The van der Waals surface area contributed by atoms with Gasteiger partial charge in [0.15, 0.2) is 0 Å². The number of nitrogens with zero attached hydrogens (tertiary/aromatic N) is 2. The lowest BCUT2D eigenvalue weighted by atomic mass is 9.67. The van der Waals surface area contributed by atoms with Crippen molar-refractivity contribution in [3.8, 4) is 50.2 Å². The second-order valence-electron chi connectivity index (χ2n) is 20.0. The minimum absolute atomic E-state index is 0.140. The van der Waals surface area contributed by atoms with Gasteiger partial charge in [-0.05, 0) is 133 Å². The molecule has 0 bridgehead atoms. The summed E-state index contributed by atoms with van der Waals surface area (Å²) >= 11 is 0. The van der Waals surface area contributed by atoms with E-state index in [1.165, 1.54) is 94.1 Å². The standard InChI is InChI=1S/C70H50N2/c1-69(2)61-32-18-15-29-56(61)57-44-43-55(45-63(57)69)71(53-39-35-48(36-40-53)47-21-7-3-8-22-47)54-41-37-49(38-42-54)60-46-64-66(67-59-31-17-20-34-65(59)72(68(60)67)52-27-13-6-14-28-52)58-30-16-19-33-62(58)70(64,50-23-9-4-10-24-50)51-25-11-5-12-26-51/h3-46H,1-2H3.